The van der Waals surface area contributed by atoms with Crippen LogP contribution in [0, 0.1) is 5.92 Å². The Labute approximate surface area is 132 Å². The Hall–Kier alpha value is -0.920. The van der Waals surface area contributed by atoms with Gasteiger partial charge >= 0.3 is 0 Å². The van der Waals surface area contributed by atoms with Crippen LogP contribution in [-0.4, -0.2) is 37.8 Å². The summed E-state index contributed by atoms with van der Waals surface area (Å²) in [5, 5.41) is 2.97. The molecule has 1 aromatic carbocycles. The number of fused-ring (bicyclic) bond motifs is 1. The molecule has 21 heavy (non-hydrogen) atoms. The van der Waals surface area contributed by atoms with Crippen LogP contribution in [-0.2, 0) is 14.8 Å². The van der Waals surface area contributed by atoms with E-state index in [4.69, 9.17) is 0 Å². The number of hydrogen-bond acceptors (Lipinski definition) is 3. The van der Waals surface area contributed by atoms with E-state index in [0.29, 0.717) is 35.3 Å². The lowest BCUT2D eigenvalue weighted by Crippen LogP contribution is -2.55. The summed E-state index contributed by atoms with van der Waals surface area (Å²) in [6.07, 6.45) is 1.93. The van der Waals surface area contributed by atoms with Gasteiger partial charge in [-0.3, -0.25) is 4.79 Å². The second-order valence-electron chi connectivity index (χ2n) is 5.55. The molecule has 0 bridgehead atoms. The molecule has 1 amide bonds. The number of sulfonamides is 1. The van der Waals surface area contributed by atoms with Gasteiger partial charge in [-0.05, 0) is 46.8 Å². The highest BCUT2D eigenvalue weighted by molar-refractivity contribution is 9.10. The summed E-state index contributed by atoms with van der Waals surface area (Å²) >= 11 is 3.31. The zero-order valence-electron chi connectivity index (χ0n) is 11.5. The van der Waals surface area contributed by atoms with Gasteiger partial charge in [0.05, 0.1) is 4.90 Å². The number of piperidine rings is 2. The predicted molar refractivity (Wildman–Crippen MR) is 82.2 cm³/mol. The first-order valence-corrected chi connectivity index (χ1v) is 9.26. The maximum absolute atomic E-state index is 12.8. The third-order valence-corrected chi connectivity index (χ3v) is 7.12. The Morgan fingerprint density at radius 2 is 2.00 bits per heavy atom. The van der Waals surface area contributed by atoms with E-state index in [-0.39, 0.29) is 17.9 Å². The van der Waals surface area contributed by atoms with E-state index in [9.17, 15) is 13.2 Å². The highest BCUT2D eigenvalue weighted by atomic mass is 79.9. The molecule has 2 saturated heterocycles. The second-order valence-corrected chi connectivity index (χ2v) is 8.32. The normalized spacial score (nSPS) is 27.0. The monoisotopic (exact) mass is 372 g/mol. The lowest BCUT2D eigenvalue weighted by Gasteiger charge is -2.40. The first-order valence-electron chi connectivity index (χ1n) is 7.02. The standard InChI is InChI=1S/C14H17BrN2O3S/c15-11-3-1-2-4-13(11)21(19,20)17-8-7-12-10(9-17)5-6-14(18)16-12/h1-4,10,12H,5-9H2,(H,16,18). The minimum Gasteiger partial charge on any atom is -0.353 e. The number of nitrogens with one attached hydrogen (secondary N) is 1. The first-order chi connectivity index (χ1) is 9.98. The van der Waals surface area contributed by atoms with Crippen molar-refractivity contribution in [3.63, 3.8) is 0 Å². The van der Waals surface area contributed by atoms with Gasteiger partial charge in [-0.15, -0.1) is 0 Å². The summed E-state index contributed by atoms with van der Waals surface area (Å²) in [6.45, 7) is 0.930. The van der Waals surface area contributed by atoms with E-state index in [0.717, 1.165) is 6.42 Å². The molecule has 0 saturated carbocycles. The van der Waals surface area contributed by atoms with Crippen molar-refractivity contribution >= 4 is 31.9 Å². The molecule has 2 atom stereocenters. The third kappa shape index (κ3) is 2.86. The summed E-state index contributed by atoms with van der Waals surface area (Å²) in [4.78, 5) is 11.7. The van der Waals surface area contributed by atoms with Gasteiger partial charge in [0.15, 0.2) is 0 Å². The number of nitrogens with zero attached hydrogens (tertiary/aromatic N) is 1. The fraction of sp³-hybridized carbons (Fsp3) is 0.500. The number of carbonyl (C=O) groups excluding carboxylic acids is 1. The van der Waals surface area contributed by atoms with E-state index in [2.05, 4.69) is 21.2 Å². The number of hydrogen-bond donors (Lipinski definition) is 1. The van der Waals surface area contributed by atoms with Crippen molar-refractivity contribution < 1.29 is 13.2 Å². The average molecular weight is 373 g/mol. The van der Waals surface area contributed by atoms with Crippen molar-refractivity contribution in [3.8, 4) is 0 Å². The number of amides is 1. The molecule has 0 aromatic heterocycles. The van der Waals surface area contributed by atoms with Crippen LogP contribution in [0.1, 0.15) is 19.3 Å². The second kappa shape index (κ2) is 5.70. The molecule has 0 aliphatic carbocycles. The molecule has 0 radical (unpaired) electrons. The predicted octanol–water partition coefficient (Wildman–Crippen LogP) is 1.74. The first kappa shape index (κ1) is 15.0. The minimum atomic E-state index is -3.48. The summed E-state index contributed by atoms with van der Waals surface area (Å²) in [6, 6.07) is 7.00. The van der Waals surface area contributed by atoms with Gasteiger partial charge in [-0.2, -0.15) is 4.31 Å². The molecule has 114 valence electrons. The molecule has 2 heterocycles. The zero-order chi connectivity index (χ0) is 15.0. The van der Waals surface area contributed by atoms with Crippen LogP contribution < -0.4 is 5.32 Å². The van der Waals surface area contributed by atoms with E-state index < -0.39 is 10.0 Å². The molecule has 2 aliphatic heterocycles. The van der Waals surface area contributed by atoms with Crippen LogP contribution in [0.3, 0.4) is 0 Å². The Kier molecular flexibility index (Phi) is 4.07. The van der Waals surface area contributed by atoms with Crippen LogP contribution in [0.2, 0.25) is 0 Å². The van der Waals surface area contributed by atoms with Crippen molar-refractivity contribution in [1.29, 1.82) is 0 Å². The highest BCUT2D eigenvalue weighted by Crippen LogP contribution is 2.31. The summed E-state index contributed by atoms with van der Waals surface area (Å²) in [7, 11) is -3.48. The van der Waals surface area contributed by atoms with E-state index in [1.807, 2.05) is 0 Å². The van der Waals surface area contributed by atoms with Crippen LogP contribution in [0.4, 0.5) is 0 Å². The molecule has 7 heteroatoms. The minimum absolute atomic E-state index is 0.0818. The van der Waals surface area contributed by atoms with Gasteiger partial charge in [0.1, 0.15) is 0 Å². The number of rotatable bonds is 2. The van der Waals surface area contributed by atoms with Crippen molar-refractivity contribution in [1.82, 2.24) is 9.62 Å². The topological polar surface area (TPSA) is 66.5 Å². The Balaban J connectivity index is 1.82. The van der Waals surface area contributed by atoms with Crippen LogP contribution in [0.5, 0.6) is 0 Å². The van der Waals surface area contributed by atoms with Gasteiger partial charge in [-0.25, -0.2) is 8.42 Å². The maximum atomic E-state index is 12.8. The average Bonchev–Trinajstić information content (AvgIpc) is 2.47. The van der Waals surface area contributed by atoms with Crippen molar-refractivity contribution in [2.24, 2.45) is 5.92 Å². The van der Waals surface area contributed by atoms with Gasteiger partial charge in [0.25, 0.3) is 0 Å². The summed E-state index contributed by atoms with van der Waals surface area (Å²) in [5.41, 5.74) is 0. The molecule has 5 nitrogen and oxygen atoms in total. The molecular weight excluding hydrogens is 356 g/mol. The van der Waals surface area contributed by atoms with Crippen molar-refractivity contribution in [2.45, 2.75) is 30.2 Å². The lowest BCUT2D eigenvalue weighted by atomic mass is 9.86. The van der Waals surface area contributed by atoms with Gasteiger partial charge < -0.3 is 5.32 Å². The van der Waals surface area contributed by atoms with Gasteiger partial charge in [0, 0.05) is 30.0 Å². The number of halogens is 1. The lowest BCUT2D eigenvalue weighted by molar-refractivity contribution is -0.124. The fourth-order valence-corrected chi connectivity index (χ4v) is 5.56. The van der Waals surface area contributed by atoms with E-state index in [1.165, 1.54) is 0 Å². The van der Waals surface area contributed by atoms with Crippen molar-refractivity contribution in [2.75, 3.05) is 13.1 Å². The Morgan fingerprint density at radius 1 is 1.24 bits per heavy atom. The smallest absolute Gasteiger partial charge is 0.244 e. The van der Waals surface area contributed by atoms with Crippen LogP contribution in [0.15, 0.2) is 33.6 Å². The summed E-state index contributed by atoms with van der Waals surface area (Å²) in [5.74, 6) is 0.298. The molecular formula is C14H17BrN2O3S. The molecule has 2 fully saturated rings. The molecule has 1 aromatic rings. The quantitative estimate of drug-likeness (QED) is 0.859. The number of carbonyl (C=O) groups is 1. The number of benzene rings is 1. The van der Waals surface area contributed by atoms with Crippen LogP contribution >= 0.6 is 15.9 Å². The van der Waals surface area contributed by atoms with E-state index >= 15 is 0 Å². The molecule has 1 N–H and O–H groups in total. The Morgan fingerprint density at radius 3 is 2.76 bits per heavy atom. The largest absolute Gasteiger partial charge is 0.353 e. The Bertz CT molecular complexity index is 662. The molecule has 0 spiro atoms. The third-order valence-electron chi connectivity index (χ3n) is 4.24. The molecule has 3 rings (SSSR count). The van der Waals surface area contributed by atoms with Crippen LogP contribution in [0.25, 0.3) is 0 Å². The molecule has 2 aliphatic rings. The zero-order valence-corrected chi connectivity index (χ0v) is 13.9. The molecule has 2 unspecified atom stereocenters. The maximum Gasteiger partial charge on any atom is 0.244 e. The van der Waals surface area contributed by atoms with E-state index in [1.54, 1.807) is 28.6 Å². The fourth-order valence-electron chi connectivity index (χ4n) is 3.09. The SMILES string of the molecule is O=C1CCC2CN(S(=O)(=O)c3ccccc3Br)CCC2N1. The van der Waals surface area contributed by atoms with Crippen molar-refractivity contribution in [3.05, 3.63) is 28.7 Å². The highest BCUT2D eigenvalue weighted by Gasteiger charge is 2.38. The summed E-state index contributed by atoms with van der Waals surface area (Å²) < 4.78 is 27.6. The van der Waals surface area contributed by atoms with Gasteiger partial charge in [-0.1, -0.05) is 12.1 Å². The van der Waals surface area contributed by atoms with Gasteiger partial charge in [0.2, 0.25) is 15.9 Å².